The van der Waals surface area contributed by atoms with Gasteiger partial charge in [-0.3, -0.25) is 9.59 Å². The van der Waals surface area contributed by atoms with Crippen LogP contribution in [-0.4, -0.2) is 57.3 Å². The Morgan fingerprint density at radius 2 is 1.80 bits per heavy atom. The van der Waals surface area contributed by atoms with Crippen LogP contribution in [0.1, 0.15) is 13.3 Å². The van der Waals surface area contributed by atoms with Gasteiger partial charge in [0.15, 0.2) is 6.10 Å². The number of ether oxygens (including phenoxy) is 2. The van der Waals surface area contributed by atoms with Gasteiger partial charge in [0, 0.05) is 6.92 Å². The quantitative estimate of drug-likeness (QED) is 0.488. The van der Waals surface area contributed by atoms with E-state index in [1.54, 1.807) is 0 Å². The van der Waals surface area contributed by atoms with Gasteiger partial charge in [-0.1, -0.05) is 0 Å². The largest absolute Gasteiger partial charge is 0.469 e. The van der Waals surface area contributed by atoms with Crippen LogP contribution < -0.4 is 0 Å². The second-order valence-corrected chi connectivity index (χ2v) is 4.48. The summed E-state index contributed by atoms with van der Waals surface area (Å²) in [4.78, 5) is 21.9. The molecule has 5 nitrogen and oxygen atoms in total. The molecule has 0 aliphatic heterocycles. The Hall–Kier alpha value is -1.10. The molecule has 0 spiro atoms. The minimum absolute atomic E-state index is 0.103. The van der Waals surface area contributed by atoms with Crippen LogP contribution in [0.4, 0.5) is 0 Å². The Bertz CT molecular complexity index is 232. The highest BCUT2D eigenvalue weighted by Gasteiger charge is 2.24. The van der Waals surface area contributed by atoms with Crippen molar-refractivity contribution in [3.05, 3.63) is 0 Å². The second-order valence-electron chi connectivity index (χ2n) is 4.48. The van der Waals surface area contributed by atoms with Gasteiger partial charge in [0.05, 0.1) is 34.7 Å². The molecule has 0 bridgehead atoms. The van der Waals surface area contributed by atoms with Crippen LogP contribution in [0.2, 0.25) is 0 Å². The Kier molecular flexibility index (Phi) is 5.28. The third-order valence-corrected chi connectivity index (χ3v) is 1.71. The van der Waals surface area contributed by atoms with Crippen LogP contribution in [0.25, 0.3) is 0 Å². The number of methoxy groups -OCH3 is 1. The van der Waals surface area contributed by atoms with Gasteiger partial charge in [0.1, 0.15) is 6.54 Å². The van der Waals surface area contributed by atoms with Crippen molar-refractivity contribution in [3.63, 3.8) is 0 Å². The molecule has 0 heterocycles. The van der Waals surface area contributed by atoms with E-state index in [0.717, 1.165) is 0 Å². The molecule has 88 valence electrons. The van der Waals surface area contributed by atoms with Gasteiger partial charge in [-0.05, 0) is 0 Å². The molecule has 0 rings (SSSR count). The van der Waals surface area contributed by atoms with E-state index >= 15 is 0 Å². The summed E-state index contributed by atoms with van der Waals surface area (Å²) in [6, 6.07) is 0. The highest BCUT2D eigenvalue weighted by atomic mass is 16.6. The first-order chi connectivity index (χ1) is 6.74. The molecule has 15 heavy (non-hydrogen) atoms. The van der Waals surface area contributed by atoms with Crippen LogP contribution in [-0.2, 0) is 19.1 Å². The summed E-state index contributed by atoms with van der Waals surface area (Å²) in [5.41, 5.74) is 0. The molecular weight excluding hydrogens is 198 g/mol. The average molecular weight is 218 g/mol. The predicted octanol–water partition coefficient (Wildman–Crippen LogP) is 0.187. The Morgan fingerprint density at radius 1 is 1.27 bits per heavy atom. The predicted molar refractivity (Wildman–Crippen MR) is 55.1 cm³/mol. The number of hydrogen-bond donors (Lipinski definition) is 0. The first-order valence-corrected chi connectivity index (χ1v) is 4.79. The molecule has 0 aromatic carbocycles. The van der Waals surface area contributed by atoms with Crippen molar-refractivity contribution in [3.8, 4) is 0 Å². The van der Waals surface area contributed by atoms with E-state index < -0.39 is 6.10 Å². The smallest absolute Gasteiger partial charge is 0.309 e. The molecule has 0 saturated heterocycles. The fourth-order valence-electron chi connectivity index (χ4n) is 1.26. The minimum Gasteiger partial charge on any atom is -0.469 e. The molecular formula is C10H20NO4+. The molecule has 0 aliphatic rings. The van der Waals surface area contributed by atoms with Gasteiger partial charge in [-0.15, -0.1) is 0 Å². The number of quaternary nitrogens is 1. The van der Waals surface area contributed by atoms with Crippen molar-refractivity contribution in [1.29, 1.82) is 0 Å². The van der Waals surface area contributed by atoms with Gasteiger partial charge in [-0.2, -0.15) is 0 Å². The average Bonchev–Trinajstić information content (AvgIpc) is 1.99. The Labute approximate surface area is 90.5 Å². The molecule has 0 unspecified atom stereocenters. The number of carbonyl (C=O) groups excluding carboxylic acids is 2. The number of hydrogen-bond acceptors (Lipinski definition) is 4. The summed E-state index contributed by atoms with van der Waals surface area (Å²) in [7, 11) is 7.22. The van der Waals surface area contributed by atoms with Crippen LogP contribution in [0.15, 0.2) is 0 Å². The number of carbonyl (C=O) groups is 2. The third-order valence-electron chi connectivity index (χ3n) is 1.71. The van der Waals surface area contributed by atoms with Crippen LogP contribution >= 0.6 is 0 Å². The van der Waals surface area contributed by atoms with Crippen molar-refractivity contribution in [2.75, 3.05) is 34.8 Å². The lowest BCUT2D eigenvalue weighted by atomic mass is 10.2. The first-order valence-electron chi connectivity index (χ1n) is 4.79. The van der Waals surface area contributed by atoms with Crippen LogP contribution in [0.3, 0.4) is 0 Å². The van der Waals surface area contributed by atoms with Crippen molar-refractivity contribution in [1.82, 2.24) is 0 Å². The first kappa shape index (κ1) is 13.9. The molecule has 0 amide bonds. The zero-order valence-electron chi connectivity index (χ0n) is 10.1. The second kappa shape index (κ2) is 5.70. The molecule has 0 aliphatic carbocycles. The minimum atomic E-state index is -0.421. The monoisotopic (exact) mass is 218 g/mol. The fraction of sp³-hybridized carbons (Fsp3) is 0.800. The standard InChI is InChI=1S/C10H20NO4/c1-8(12)15-9(6-10(13)14-5)7-11(2,3)4/h9H,6-7H2,1-5H3/q+1/t9-/m1/s1. The zero-order chi connectivity index (χ0) is 12.1. The number of nitrogens with zero attached hydrogens (tertiary/aromatic N) is 1. The van der Waals surface area contributed by atoms with E-state index in [-0.39, 0.29) is 18.4 Å². The highest BCUT2D eigenvalue weighted by molar-refractivity contribution is 5.71. The van der Waals surface area contributed by atoms with Crippen molar-refractivity contribution in [2.24, 2.45) is 0 Å². The highest BCUT2D eigenvalue weighted by Crippen LogP contribution is 2.06. The maximum atomic E-state index is 11.1. The van der Waals surface area contributed by atoms with Crippen molar-refractivity contribution >= 4 is 11.9 Å². The van der Waals surface area contributed by atoms with Gasteiger partial charge in [0.2, 0.25) is 0 Å². The number of rotatable bonds is 5. The third kappa shape index (κ3) is 7.93. The molecule has 0 N–H and O–H groups in total. The van der Waals surface area contributed by atoms with E-state index in [0.29, 0.717) is 11.0 Å². The SMILES string of the molecule is COC(=O)C[C@H](C[N+](C)(C)C)OC(C)=O. The van der Waals surface area contributed by atoms with Gasteiger partial charge in [-0.25, -0.2) is 0 Å². The maximum absolute atomic E-state index is 11.1. The molecule has 0 aromatic rings. The van der Waals surface area contributed by atoms with Gasteiger partial charge < -0.3 is 14.0 Å². The normalized spacial score (nSPS) is 13.1. The van der Waals surface area contributed by atoms with E-state index in [4.69, 9.17) is 4.74 Å². The summed E-state index contributed by atoms with van der Waals surface area (Å²) in [5, 5.41) is 0. The summed E-state index contributed by atoms with van der Waals surface area (Å²) >= 11 is 0. The maximum Gasteiger partial charge on any atom is 0.309 e. The molecule has 0 aromatic heterocycles. The molecule has 0 fully saturated rings. The number of likely N-dealkylation sites (N-methyl/N-ethyl adjacent to an activating group) is 1. The zero-order valence-corrected chi connectivity index (χ0v) is 10.1. The van der Waals surface area contributed by atoms with E-state index in [1.807, 2.05) is 21.1 Å². The van der Waals surface area contributed by atoms with Gasteiger partial charge >= 0.3 is 11.9 Å². The van der Waals surface area contributed by atoms with Crippen molar-refractivity contribution in [2.45, 2.75) is 19.4 Å². The summed E-state index contributed by atoms with van der Waals surface area (Å²) < 4.78 is 10.2. The lowest BCUT2D eigenvalue weighted by Gasteiger charge is -2.28. The van der Waals surface area contributed by atoms with Gasteiger partial charge in [0.25, 0.3) is 0 Å². The van der Waals surface area contributed by atoms with E-state index in [9.17, 15) is 9.59 Å². The summed E-state index contributed by atoms with van der Waals surface area (Å²) in [6.45, 7) is 1.91. The Morgan fingerprint density at radius 3 is 2.13 bits per heavy atom. The van der Waals surface area contributed by atoms with E-state index in [2.05, 4.69) is 4.74 Å². The van der Waals surface area contributed by atoms with E-state index in [1.165, 1.54) is 14.0 Å². The molecule has 0 saturated carbocycles. The molecule has 0 radical (unpaired) electrons. The van der Waals surface area contributed by atoms with Crippen LogP contribution in [0.5, 0.6) is 0 Å². The molecule has 1 atom stereocenters. The lowest BCUT2D eigenvalue weighted by molar-refractivity contribution is -0.873. The summed E-state index contributed by atoms with van der Waals surface area (Å²) in [5.74, 6) is -0.743. The Balaban J connectivity index is 4.31. The lowest BCUT2D eigenvalue weighted by Crippen LogP contribution is -2.43. The summed E-state index contributed by atoms with van der Waals surface area (Å²) in [6.07, 6.45) is -0.319. The molecule has 5 heteroatoms. The topological polar surface area (TPSA) is 52.6 Å². The fourth-order valence-corrected chi connectivity index (χ4v) is 1.26. The number of esters is 2. The van der Waals surface area contributed by atoms with Crippen molar-refractivity contribution < 1.29 is 23.5 Å². The van der Waals surface area contributed by atoms with Crippen LogP contribution in [0, 0.1) is 0 Å².